The SMILES string of the molecule is Brc1ccccn1.c1ccc(-c2ccccc2)cc1. The van der Waals surface area contributed by atoms with Crippen molar-refractivity contribution in [3.63, 3.8) is 0 Å². The number of benzene rings is 2. The molecule has 0 amide bonds. The summed E-state index contributed by atoms with van der Waals surface area (Å²) in [6, 6.07) is 26.5. The van der Waals surface area contributed by atoms with E-state index >= 15 is 0 Å². The minimum absolute atomic E-state index is 0.884. The molecule has 0 saturated heterocycles. The zero-order chi connectivity index (χ0) is 13.3. The van der Waals surface area contributed by atoms with Crippen molar-refractivity contribution in [2.24, 2.45) is 0 Å². The zero-order valence-electron chi connectivity index (χ0n) is 10.4. The van der Waals surface area contributed by atoms with Crippen LogP contribution in [0, 0.1) is 0 Å². The van der Waals surface area contributed by atoms with Gasteiger partial charge in [-0.1, -0.05) is 66.7 Å². The van der Waals surface area contributed by atoms with Crippen LogP contribution in [0.5, 0.6) is 0 Å². The van der Waals surface area contributed by atoms with Gasteiger partial charge >= 0.3 is 0 Å². The van der Waals surface area contributed by atoms with E-state index in [4.69, 9.17) is 0 Å². The topological polar surface area (TPSA) is 12.9 Å². The van der Waals surface area contributed by atoms with E-state index in [9.17, 15) is 0 Å². The molecule has 0 aliphatic rings. The Morgan fingerprint density at radius 3 is 1.37 bits per heavy atom. The molecule has 1 nitrogen and oxygen atoms in total. The third-order valence-corrected chi connectivity index (χ3v) is 2.98. The molecule has 2 heteroatoms. The summed E-state index contributed by atoms with van der Waals surface area (Å²) < 4.78 is 0.884. The lowest BCUT2D eigenvalue weighted by atomic mass is 10.1. The van der Waals surface area contributed by atoms with Gasteiger partial charge in [0.05, 0.1) is 0 Å². The van der Waals surface area contributed by atoms with Gasteiger partial charge in [-0.2, -0.15) is 0 Å². The Hall–Kier alpha value is -1.93. The van der Waals surface area contributed by atoms with Crippen LogP contribution >= 0.6 is 15.9 Å². The number of aromatic nitrogens is 1. The van der Waals surface area contributed by atoms with Gasteiger partial charge < -0.3 is 0 Å². The Morgan fingerprint density at radius 2 is 1.05 bits per heavy atom. The Labute approximate surface area is 122 Å². The summed E-state index contributed by atoms with van der Waals surface area (Å²) in [5.74, 6) is 0. The molecule has 0 unspecified atom stereocenters. The van der Waals surface area contributed by atoms with Crippen LogP contribution < -0.4 is 0 Å². The van der Waals surface area contributed by atoms with Gasteiger partial charge in [-0.3, -0.25) is 0 Å². The Kier molecular flexibility index (Phi) is 5.32. The number of hydrogen-bond donors (Lipinski definition) is 0. The summed E-state index contributed by atoms with van der Waals surface area (Å²) >= 11 is 3.20. The molecule has 0 radical (unpaired) electrons. The second-order valence-electron chi connectivity index (χ2n) is 3.88. The van der Waals surface area contributed by atoms with Crippen molar-refractivity contribution >= 4 is 15.9 Å². The van der Waals surface area contributed by atoms with Crippen LogP contribution in [0.3, 0.4) is 0 Å². The number of nitrogens with zero attached hydrogens (tertiary/aromatic N) is 1. The third-order valence-electron chi connectivity index (χ3n) is 2.51. The maximum Gasteiger partial charge on any atom is 0.106 e. The van der Waals surface area contributed by atoms with Gasteiger partial charge in [-0.25, -0.2) is 4.98 Å². The van der Waals surface area contributed by atoms with E-state index < -0.39 is 0 Å². The Balaban J connectivity index is 0.000000163. The summed E-state index contributed by atoms with van der Waals surface area (Å²) in [4.78, 5) is 3.90. The first kappa shape index (κ1) is 13.5. The molecule has 1 heterocycles. The van der Waals surface area contributed by atoms with Gasteiger partial charge in [0.25, 0.3) is 0 Å². The minimum atomic E-state index is 0.884. The predicted molar refractivity (Wildman–Crippen MR) is 83.8 cm³/mol. The molecular weight excluding hydrogens is 298 g/mol. The van der Waals surface area contributed by atoms with Crippen molar-refractivity contribution in [2.75, 3.05) is 0 Å². The molecule has 0 saturated carbocycles. The fourth-order valence-electron chi connectivity index (χ4n) is 1.60. The fourth-order valence-corrected chi connectivity index (χ4v) is 1.87. The molecule has 0 aliphatic carbocycles. The molecule has 1 aromatic heterocycles. The molecule has 2 aromatic carbocycles. The van der Waals surface area contributed by atoms with E-state index in [0.717, 1.165) is 4.60 Å². The molecular formula is C17H14BrN. The maximum absolute atomic E-state index is 3.90. The van der Waals surface area contributed by atoms with Crippen LogP contribution in [0.4, 0.5) is 0 Å². The molecule has 0 bridgehead atoms. The summed E-state index contributed by atoms with van der Waals surface area (Å²) in [5.41, 5.74) is 2.55. The van der Waals surface area contributed by atoms with Gasteiger partial charge in [0.15, 0.2) is 0 Å². The van der Waals surface area contributed by atoms with Crippen LogP contribution in [0.2, 0.25) is 0 Å². The van der Waals surface area contributed by atoms with Crippen LogP contribution in [0.15, 0.2) is 89.7 Å². The quantitative estimate of drug-likeness (QED) is 0.563. The lowest BCUT2D eigenvalue weighted by molar-refractivity contribution is 1.28. The number of pyridine rings is 1. The van der Waals surface area contributed by atoms with E-state index in [2.05, 4.69) is 69.4 Å². The van der Waals surface area contributed by atoms with Gasteiger partial charge in [0.2, 0.25) is 0 Å². The summed E-state index contributed by atoms with van der Waals surface area (Å²) in [6.07, 6.45) is 1.74. The fraction of sp³-hybridized carbons (Fsp3) is 0. The highest BCUT2D eigenvalue weighted by atomic mass is 79.9. The van der Waals surface area contributed by atoms with E-state index in [1.54, 1.807) is 6.20 Å². The molecule has 0 aliphatic heterocycles. The monoisotopic (exact) mass is 311 g/mol. The lowest BCUT2D eigenvalue weighted by Gasteiger charge is -1.98. The molecule has 3 aromatic rings. The summed E-state index contributed by atoms with van der Waals surface area (Å²) in [7, 11) is 0. The first-order valence-electron chi connectivity index (χ1n) is 6.03. The smallest absolute Gasteiger partial charge is 0.106 e. The minimum Gasteiger partial charge on any atom is -0.249 e. The van der Waals surface area contributed by atoms with E-state index in [1.807, 2.05) is 30.3 Å². The predicted octanol–water partition coefficient (Wildman–Crippen LogP) is 5.20. The van der Waals surface area contributed by atoms with E-state index in [1.165, 1.54) is 11.1 Å². The number of rotatable bonds is 1. The van der Waals surface area contributed by atoms with Crippen molar-refractivity contribution < 1.29 is 0 Å². The second-order valence-corrected chi connectivity index (χ2v) is 4.70. The van der Waals surface area contributed by atoms with Crippen LogP contribution in [-0.4, -0.2) is 4.98 Å². The second kappa shape index (κ2) is 7.49. The number of hydrogen-bond acceptors (Lipinski definition) is 1. The van der Waals surface area contributed by atoms with Crippen molar-refractivity contribution in [1.82, 2.24) is 4.98 Å². The normalized spacial score (nSPS) is 9.32. The van der Waals surface area contributed by atoms with E-state index in [-0.39, 0.29) is 0 Å². The first-order valence-corrected chi connectivity index (χ1v) is 6.82. The Morgan fingerprint density at radius 1 is 0.579 bits per heavy atom. The summed E-state index contributed by atoms with van der Waals surface area (Å²) in [5, 5.41) is 0. The molecule has 0 N–H and O–H groups in total. The lowest BCUT2D eigenvalue weighted by Crippen LogP contribution is -1.73. The van der Waals surface area contributed by atoms with Gasteiger partial charge in [-0.05, 0) is 39.2 Å². The third kappa shape index (κ3) is 4.68. The first-order chi connectivity index (χ1) is 9.36. The van der Waals surface area contributed by atoms with Crippen LogP contribution in [0.1, 0.15) is 0 Å². The highest BCUT2D eigenvalue weighted by Gasteiger charge is 1.91. The van der Waals surface area contributed by atoms with Crippen LogP contribution in [0.25, 0.3) is 11.1 Å². The highest BCUT2D eigenvalue weighted by molar-refractivity contribution is 9.10. The summed E-state index contributed by atoms with van der Waals surface area (Å²) in [6.45, 7) is 0. The van der Waals surface area contributed by atoms with Crippen molar-refractivity contribution in [2.45, 2.75) is 0 Å². The molecule has 94 valence electrons. The van der Waals surface area contributed by atoms with Gasteiger partial charge in [-0.15, -0.1) is 0 Å². The number of halogens is 1. The maximum atomic E-state index is 3.90. The van der Waals surface area contributed by atoms with Gasteiger partial charge in [0, 0.05) is 6.20 Å². The van der Waals surface area contributed by atoms with Crippen LogP contribution in [-0.2, 0) is 0 Å². The molecule has 0 spiro atoms. The zero-order valence-corrected chi connectivity index (χ0v) is 12.0. The van der Waals surface area contributed by atoms with E-state index in [0.29, 0.717) is 0 Å². The van der Waals surface area contributed by atoms with Gasteiger partial charge in [0.1, 0.15) is 4.60 Å². The largest absolute Gasteiger partial charge is 0.249 e. The van der Waals surface area contributed by atoms with Crippen molar-refractivity contribution in [3.05, 3.63) is 89.7 Å². The average molecular weight is 312 g/mol. The molecule has 19 heavy (non-hydrogen) atoms. The molecule has 0 fully saturated rings. The molecule has 3 rings (SSSR count). The van der Waals surface area contributed by atoms with Crippen molar-refractivity contribution in [1.29, 1.82) is 0 Å². The standard InChI is InChI=1S/C12H10.C5H4BrN/c1-3-7-11(8-4-1)12-9-5-2-6-10-12;6-5-3-1-2-4-7-5/h1-10H;1-4H. The van der Waals surface area contributed by atoms with Crippen molar-refractivity contribution in [3.8, 4) is 11.1 Å². The highest BCUT2D eigenvalue weighted by Crippen LogP contribution is 2.17. The Bertz CT molecular complexity index is 542. The average Bonchev–Trinajstić information content (AvgIpc) is 2.51. The molecule has 0 atom stereocenters.